The van der Waals surface area contributed by atoms with Gasteiger partial charge in [0.2, 0.25) is 0 Å². The highest BCUT2D eigenvalue weighted by Crippen LogP contribution is 2.60. The second kappa shape index (κ2) is 2.76. The first-order valence-electron chi connectivity index (χ1n) is 5.31. The molecule has 0 aromatic heterocycles. The first kappa shape index (κ1) is 10.1. The molecule has 1 saturated carbocycles. The van der Waals surface area contributed by atoms with E-state index >= 15 is 0 Å². The minimum Gasteiger partial charge on any atom is -0.241 e. The number of alkyl halides is 2. The van der Waals surface area contributed by atoms with Crippen LogP contribution < -0.4 is 0 Å². The lowest BCUT2D eigenvalue weighted by Gasteiger charge is -2.67. The molecule has 4 rings (SSSR count). The summed E-state index contributed by atoms with van der Waals surface area (Å²) in [6.07, 6.45) is 2.70. The maximum Gasteiger partial charge on any atom is 0.104 e. The van der Waals surface area contributed by atoms with Gasteiger partial charge in [-0.1, -0.05) is 31.9 Å². The van der Waals surface area contributed by atoms with E-state index < -0.39 is 0 Å². The topological polar surface area (TPSA) is 6.48 Å². The van der Waals surface area contributed by atoms with Crippen molar-refractivity contribution in [2.75, 3.05) is 20.1 Å². The SMILES string of the molecule is CN1N2CC3CC(C2)C(Br)(Br)C1(C)C3. The number of nitrogens with zero attached hydrogens (tertiary/aromatic N) is 2. The molecular formula is C10H16Br2N2. The van der Waals surface area contributed by atoms with Crippen LogP contribution in [0.3, 0.4) is 0 Å². The van der Waals surface area contributed by atoms with Crippen LogP contribution in [-0.4, -0.2) is 38.9 Å². The van der Waals surface area contributed by atoms with Gasteiger partial charge in [-0.15, -0.1) is 0 Å². The van der Waals surface area contributed by atoms with E-state index in [1.54, 1.807) is 0 Å². The van der Waals surface area contributed by atoms with Crippen LogP contribution in [0.4, 0.5) is 0 Å². The molecule has 0 aromatic rings. The second-order valence-electron chi connectivity index (χ2n) is 5.29. The Morgan fingerprint density at radius 3 is 2.71 bits per heavy atom. The van der Waals surface area contributed by atoms with Gasteiger partial charge in [0, 0.05) is 26.1 Å². The highest BCUT2D eigenvalue weighted by Gasteiger charge is 2.63. The van der Waals surface area contributed by atoms with Crippen molar-refractivity contribution in [1.82, 2.24) is 10.0 Å². The van der Waals surface area contributed by atoms with Crippen molar-refractivity contribution in [1.29, 1.82) is 0 Å². The van der Waals surface area contributed by atoms with Crippen LogP contribution in [-0.2, 0) is 0 Å². The Morgan fingerprint density at radius 1 is 1.29 bits per heavy atom. The lowest BCUT2D eigenvalue weighted by atomic mass is 9.66. The highest BCUT2D eigenvalue weighted by atomic mass is 79.9. The summed E-state index contributed by atoms with van der Waals surface area (Å²) in [7, 11) is 2.23. The van der Waals surface area contributed by atoms with Gasteiger partial charge in [-0.25, -0.2) is 10.0 Å². The quantitative estimate of drug-likeness (QED) is 0.632. The van der Waals surface area contributed by atoms with Crippen LogP contribution in [0.1, 0.15) is 19.8 Å². The van der Waals surface area contributed by atoms with E-state index in [2.05, 4.69) is 55.8 Å². The summed E-state index contributed by atoms with van der Waals surface area (Å²) in [5.74, 6) is 1.68. The van der Waals surface area contributed by atoms with Crippen molar-refractivity contribution < 1.29 is 0 Å². The van der Waals surface area contributed by atoms with Gasteiger partial charge >= 0.3 is 0 Å². The molecule has 4 heteroatoms. The molecule has 0 radical (unpaired) electrons. The zero-order chi connectivity index (χ0) is 10.1. The monoisotopic (exact) mass is 322 g/mol. The first-order valence-corrected chi connectivity index (χ1v) is 6.90. The Bertz CT molecular complexity index is 281. The zero-order valence-electron chi connectivity index (χ0n) is 8.63. The summed E-state index contributed by atoms with van der Waals surface area (Å²) in [6, 6.07) is 0. The molecule has 3 saturated heterocycles. The second-order valence-corrected chi connectivity index (χ2v) is 8.86. The summed E-state index contributed by atoms with van der Waals surface area (Å²) in [6.45, 7) is 4.86. The van der Waals surface area contributed by atoms with Gasteiger partial charge in [0.1, 0.15) is 3.23 Å². The molecule has 1 aliphatic carbocycles. The van der Waals surface area contributed by atoms with Gasteiger partial charge in [-0.3, -0.25) is 0 Å². The summed E-state index contributed by atoms with van der Waals surface area (Å²) >= 11 is 7.86. The Balaban J connectivity index is 2.07. The van der Waals surface area contributed by atoms with Crippen molar-refractivity contribution in [2.24, 2.45) is 11.8 Å². The van der Waals surface area contributed by atoms with Crippen molar-refractivity contribution in [2.45, 2.75) is 28.5 Å². The molecule has 14 heavy (non-hydrogen) atoms. The van der Waals surface area contributed by atoms with Gasteiger partial charge in [0.05, 0.1) is 5.54 Å². The smallest absolute Gasteiger partial charge is 0.104 e. The Hall–Kier alpha value is 0.880. The number of hydrogen-bond acceptors (Lipinski definition) is 2. The van der Waals surface area contributed by atoms with Crippen molar-refractivity contribution in [3.63, 3.8) is 0 Å². The van der Waals surface area contributed by atoms with E-state index in [-0.39, 0.29) is 8.77 Å². The average molecular weight is 324 g/mol. The molecule has 4 bridgehead atoms. The predicted octanol–water partition coefficient (Wildman–Crippen LogP) is 2.43. The number of rotatable bonds is 0. The van der Waals surface area contributed by atoms with Crippen molar-refractivity contribution >= 4 is 31.9 Å². The molecule has 4 unspecified atom stereocenters. The number of halogens is 2. The average Bonchev–Trinajstić information content (AvgIpc) is 2.11. The Labute approximate surface area is 102 Å². The highest BCUT2D eigenvalue weighted by molar-refractivity contribution is 9.25. The standard InChI is InChI=1S/C10H16Br2N2/c1-9-4-7-3-8(10(9,11)12)6-14(5-7)13(9)2/h7-8H,3-6H2,1-2H3. The molecule has 3 heterocycles. The van der Waals surface area contributed by atoms with Crippen LogP contribution >= 0.6 is 31.9 Å². The Morgan fingerprint density at radius 2 is 2.00 bits per heavy atom. The Kier molecular flexibility index (Phi) is 1.98. The summed E-state index contributed by atoms with van der Waals surface area (Å²) < 4.78 is 0.120. The fourth-order valence-corrected chi connectivity index (χ4v) is 5.13. The van der Waals surface area contributed by atoms with Crippen LogP contribution in [0.25, 0.3) is 0 Å². The summed E-state index contributed by atoms with van der Waals surface area (Å²) in [5, 5.41) is 4.98. The third kappa shape index (κ3) is 0.989. The molecule has 0 aromatic carbocycles. The number of hydrogen-bond donors (Lipinski definition) is 0. The third-order valence-electron chi connectivity index (χ3n) is 4.57. The molecule has 80 valence electrons. The van der Waals surface area contributed by atoms with Crippen LogP contribution in [0.2, 0.25) is 0 Å². The van der Waals surface area contributed by atoms with Crippen LogP contribution in [0.5, 0.6) is 0 Å². The fourth-order valence-electron chi connectivity index (χ4n) is 3.63. The number of piperidine rings is 1. The lowest BCUT2D eigenvalue weighted by Crippen LogP contribution is -2.76. The molecule has 0 N–H and O–H groups in total. The molecule has 2 nitrogen and oxygen atoms in total. The van der Waals surface area contributed by atoms with Gasteiger partial charge in [-0.05, 0) is 25.7 Å². The molecular weight excluding hydrogens is 308 g/mol. The maximum atomic E-state index is 3.93. The molecule has 4 fully saturated rings. The largest absolute Gasteiger partial charge is 0.241 e. The van der Waals surface area contributed by atoms with E-state index in [0.29, 0.717) is 0 Å². The molecule has 0 amide bonds. The van der Waals surface area contributed by atoms with Crippen molar-refractivity contribution in [3.8, 4) is 0 Å². The lowest BCUT2D eigenvalue weighted by molar-refractivity contribution is -0.211. The summed E-state index contributed by atoms with van der Waals surface area (Å²) in [5.41, 5.74) is 0.247. The predicted molar refractivity (Wildman–Crippen MR) is 64.5 cm³/mol. The molecule has 4 aliphatic rings. The van der Waals surface area contributed by atoms with Crippen LogP contribution in [0, 0.1) is 11.8 Å². The summed E-state index contributed by atoms with van der Waals surface area (Å²) in [4.78, 5) is 0. The van der Waals surface area contributed by atoms with Crippen molar-refractivity contribution in [3.05, 3.63) is 0 Å². The van der Waals surface area contributed by atoms with E-state index in [1.807, 2.05) is 0 Å². The minimum absolute atomic E-state index is 0.120. The van der Waals surface area contributed by atoms with Gasteiger partial charge in [-0.2, -0.15) is 0 Å². The normalized spacial score (nSPS) is 55.3. The third-order valence-corrected chi connectivity index (χ3v) is 7.58. The van der Waals surface area contributed by atoms with Crippen LogP contribution in [0.15, 0.2) is 0 Å². The van der Waals surface area contributed by atoms with Gasteiger partial charge in [0.25, 0.3) is 0 Å². The first-order chi connectivity index (χ1) is 6.45. The molecule has 4 atom stereocenters. The maximum absolute atomic E-state index is 3.93. The van der Waals surface area contributed by atoms with E-state index in [4.69, 9.17) is 0 Å². The minimum atomic E-state index is 0.120. The van der Waals surface area contributed by atoms with E-state index in [9.17, 15) is 0 Å². The zero-order valence-corrected chi connectivity index (χ0v) is 11.8. The van der Waals surface area contributed by atoms with E-state index in [0.717, 1.165) is 11.8 Å². The molecule has 3 aliphatic heterocycles. The van der Waals surface area contributed by atoms with Gasteiger partial charge < -0.3 is 0 Å². The van der Waals surface area contributed by atoms with Gasteiger partial charge in [0.15, 0.2) is 0 Å². The number of hydrazine groups is 1. The fraction of sp³-hybridized carbons (Fsp3) is 1.00. The molecule has 0 spiro atoms. The van der Waals surface area contributed by atoms with E-state index in [1.165, 1.54) is 25.9 Å².